The van der Waals surface area contributed by atoms with Crippen molar-refractivity contribution in [1.82, 2.24) is 25.1 Å². The number of nitrogens with one attached hydrogen (secondary N) is 1. The van der Waals surface area contributed by atoms with E-state index in [0.717, 1.165) is 28.5 Å². The maximum atomic E-state index is 5.56. The van der Waals surface area contributed by atoms with Gasteiger partial charge in [0.1, 0.15) is 10.8 Å². The molecule has 112 valence electrons. The van der Waals surface area contributed by atoms with Crippen molar-refractivity contribution < 1.29 is 0 Å². The molecule has 3 aromatic heterocycles. The van der Waals surface area contributed by atoms with Crippen molar-refractivity contribution in [3.63, 3.8) is 0 Å². The van der Waals surface area contributed by atoms with Gasteiger partial charge in [-0.25, -0.2) is 9.97 Å². The van der Waals surface area contributed by atoms with Crippen LogP contribution in [0.25, 0.3) is 11.4 Å². The maximum Gasteiger partial charge on any atom is 0.203 e. The highest BCUT2D eigenvalue weighted by Gasteiger charge is 2.06. The Morgan fingerprint density at radius 1 is 1.27 bits per heavy atom. The normalized spacial score (nSPS) is 10.6. The van der Waals surface area contributed by atoms with Crippen LogP contribution >= 0.6 is 11.3 Å². The molecule has 0 saturated heterocycles. The van der Waals surface area contributed by atoms with Crippen LogP contribution in [0.5, 0.6) is 0 Å². The molecule has 0 atom stereocenters. The first kappa shape index (κ1) is 14.3. The number of nitrogens with two attached hydrogens (primary N) is 1. The van der Waals surface area contributed by atoms with Crippen LogP contribution in [0.15, 0.2) is 30.6 Å². The molecule has 7 nitrogen and oxygen atoms in total. The number of aromatic nitrogens is 5. The largest absolute Gasteiger partial charge is 0.374 e. The minimum Gasteiger partial charge on any atom is -0.374 e. The topological polar surface area (TPSA) is 102 Å². The van der Waals surface area contributed by atoms with Gasteiger partial charge in [0, 0.05) is 42.7 Å². The molecule has 0 fully saturated rings. The summed E-state index contributed by atoms with van der Waals surface area (Å²) in [5, 5.41) is 12.5. The second kappa shape index (κ2) is 6.44. The lowest BCUT2D eigenvalue weighted by Crippen LogP contribution is -2.07. The fraction of sp³-hybridized carbons (Fsp3) is 0.214. The van der Waals surface area contributed by atoms with E-state index in [9.17, 15) is 0 Å². The van der Waals surface area contributed by atoms with Crippen molar-refractivity contribution in [2.24, 2.45) is 0 Å². The van der Waals surface area contributed by atoms with Crippen LogP contribution in [-0.4, -0.2) is 31.7 Å². The number of pyridine rings is 1. The van der Waals surface area contributed by atoms with Gasteiger partial charge in [-0.15, -0.1) is 10.2 Å². The Balaban J connectivity index is 1.70. The van der Waals surface area contributed by atoms with Crippen LogP contribution in [0.2, 0.25) is 0 Å². The van der Waals surface area contributed by atoms with E-state index >= 15 is 0 Å². The molecular formula is C14H15N7S. The first-order chi connectivity index (χ1) is 10.7. The molecule has 22 heavy (non-hydrogen) atoms. The molecule has 8 heteroatoms. The molecule has 3 heterocycles. The van der Waals surface area contributed by atoms with E-state index in [-0.39, 0.29) is 0 Å². The number of rotatable bonds is 5. The molecule has 3 aromatic rings. The number of nitrogen functional groups attached to an aromatic ring is 1. The van der Waals surface area contributed by atoms with Crippen LogP contribution in [0.4, 0.5) is 10.9 Å². The minimum atomic E-state index is 0.492. The van der Waals surface area contributed by atoms with Gasteiger partial charge in [-0.1, -0.05) is 11.3 Å². The number of hydrogen-bond acceptors (Lipinski definition) is 8. The molecule has 0 unspecified atom stereocenters. The van der Waals surface area contributed by atoms with Gasteiger partial charge in [0.05, 0.1) is 0 Å². The van der Waals surface area contributed by atoms with E-state index in [1.165, 1.54) is 11.3 Å². The molecular weight excluding hydrogens is 298 g/mol. The van der Waals surface area contributed by atoms with Gasteiger partial charge in [0.15, 0.2) is 5.82 Å². The smallest absolute Gasteiger partial charge is 0.203 e. The average molecular weight is 313 g/mol. The zero-order chi connectivity index (χ0) is 15.4. The Hall–Kier alpha value is -2.61. The summed E-state index contributed by atoms with van der Waals surface area (Å²) in [5.41, 5.74) is 7.36. The summed E-state index contributed by atoms with van der Waals surface area (Å²) >= 11 is 1.40. The molecule has 0 aliphatic carbocycles. The Morgan fingerprint density at radius 3 is 2.91 bits per heavy atom. The van der Waals surface area contributed by atoms with E-state index in [2.05, 4.69) is 30.5 Å². The fourth-order valence-electron chi connectivity index (χ4n) is 1.95. The summed E-state index contributed by atoms with van der Waals surface area (Å²) in [6.07, 6.45) is 4.23. The second-order valence-electron chi connectivity index (χ2n) is 4.67. The van der Waals surface area contributed by atoms with Crippen LogP contribution in [-0.2, 0) is 6.42 Å². The Labute approximate surface area is 131 Å². The first-order valence-corrected chi connectivity index (χ1v) is 7.60. The quantitative estimate of drug-likeness (QED) is 0.742. The van der Waals surface area contributed by atoms with Gasteiger partial charge in [-0.2, -0.15) is 0 Å². The van der Waals surface area contributed by atoms with E-state index in [4.69, 9.17) is 5.73 Å². The predicted octanol–water partition coefficient (Wildman–Crippen LogP) is 1.94. The summed E-state index contributed by atoms with van der Waals surface area (Å²) in [6.45, 7) is 2.65. The summed E-state index contributed by atoms with van der Waals surface area (Å²) < 4.78 is 0. The lowest BCUT2D eigenvalue weighted by Gasteiger charge is -2.07. The fourth-order valence-corrected chi connectivity index (χ4v) is 2.56. The minimum absolute atomic E-state index is 0.492. The van der Waals surface area contributed by atoms with Crippen LogP contribution in [0.1, 0.15) is 10.7 Å². The molecule has 0 bridgehead atoms. The zero-order valence-electron chi connectivity index (χ0n) is 12.0. The van der Waals surface area contributed by atoms with E-state index in [1.807, 2.05) is 25.1 Å². The lowest BCUT2D eigenvalue weighted by molar-refractivity contribution is 0.935. The van der Waals surface area contributed by atoms with Crippen LogP contribution < -0.4 is 11.1 Å². The van der Waals surface area contributed by atoms with Crippen LogP contribution in [0, 0.1) is 6.92 Å². The predicted molar refractivity (Wildman–Crippen MR) is 86.5 cm³/mol. The Morgan fingerprint density at radius 2 is 2.18 bits per heavy atom. The molecule has 0 aliphatic heterocycles. The third-order valence-corrected chi connectivity index (χ3v) is 3.71. The number of nitrogens with zero attached hydrogens (tertiary/aromatic N) is 5. The Kier molecular flexibility index (Phi) is 4.19. The molecule has 3 N–H and O–H groups in total. The van der Waals surface area contributed by atoms with Crippen molar-refractivity contribution in [2.45, 2.75) is 13.3 Å². The molecule has 0 saturated carbocycles. The zero-order valence-corrected chi connectivity index (χ0v) is 12.8. The molecule has 0 amide bonds. The second-order valence-corrected chi connectivity index (χ2v) is 5.76. The van der Waals surface area contributed by atoms with E-state index < -0.39 is 0 Å². The highest BCUT2D eigenvalue weighted by atomic mass is 32.1. The highest BCUT2D eigenvalue weighted by Crippen LogP contribution is 2.17. The molecule has 3 rings (SSSR count). The molecule has 0 aromatic carbocycles. The van der Waals surface area contributed by atoms with Gasteiger partial charge < -0.3 is 11.1 Å². The van der Waals surface area contributed by atoms with Crippen molar-refractivity contribution in [3.8, 4) is 11.4 Å². The van der Waals surface area contributed by atoms with Gasteiger partial charge in [0.2, 0.25) is 5.13 Å². The average Bonchev–Trinajstić information content (AvgIpc) is 2.93. The van der Waals surface area contributed by atoms with Crippen LogP contribution in [0.3, 0.4) is 0 Å². The van der Waals surface area contributed by atoms with Gasteiger partial charge in [-0.3, -0.25) is 4.98 Å². The van der Waals surface area contributed by atoms with Crippen molar-refractivity contribution in [1.29, 1.82) is 0 Å². The van der Waals surface area contributed by atoms with E-state index in [0.29, 0.717) is 17.5 Å². The summed E-state index contributed by atoms with van der Waals surface area (Å²) in [5.74, 6) is 1.44. The van der Waals surface area contributed by atoms with Crippen molar-refractivity contribution >= 4 is 22.3 Å². The highest BCUT2D eigenvalue weighted by molar-refractivity contribution is 7.15. The third kappa shape index (κ3) is 3.53. The number of anilines is 2. The van der Waals surface area contributed by atoms with Gasteiger partial charge >= 0.3 is 0 Å². The van der Waals surface area contributed by atoms with Crippen molar-refractivity contribution in [3.05, 3.63) is 41.3 Å². The third-order valence-electron chi connectivity index (χ3n) is 2.90. The Bertz CT molecular complexity index is 757. The van der Waals surface area contributed by atoms with Crippen molar-refractivity contribution in [2.75, 3.05) is 17.6 Å². The summed E-state index contributed by atoms with van der Waals surface area (Å²) in [4.78, 5) is 13.1. The number of aryl methyl sites for hydroxylation is 1. The van der Waals surface area contributed by atoms with Gasteiger partial charge in [0.25, 0.3) is 0 Å². The van der Waals surface area contributed by atoms with E-state index in [1.54, 1.807) is 12.4 Å². The maximum absolute atomic E-state index is 5.56. The monoisotopic (exact) mass is 313 g/mol. The summed E-state index contributed by atoms with van der Waals surface area (Å²) in [6, 6.07) is 5.72. The molecule has 0 radical (unpaired) electrons. The standard InChI is InChI=1S/C14H15N7S/c1-9-7-11(17-6-4-12-20-21-14(15)22-12)19-13(18-9)10-3-2-5-16-8-10/h2-3,5,7-8H,4,6H2,1H3,(H2,15,21)(H,17,18,19). The first-order valence-electron chi connectivity index (χ1n) is 6.78. The molecule has 0 spiro atoms. The lowest BCUT2D eigenvalue weighted by atomic mass is 10.2. The van der Waals surface area contributed by atoms with Gasteiger partial charge in [-0.05, 0) is 19.1 Å². The summed E-state index contributed by atoms with van der Waals surface area (Å²) in [7, 11) is 0. The SMILES string of the molecule is Cc1cc(NCCc2nnc(N)s2)nc(-c2cccnc2)n1. The number of hydrogen-bond donors (Lipinski definition) is 2. The molecule has 0 aliphatic rings.